The first-order chi connectivity index (χ1) is 14.6. The summed E-state index contributed by atoms with van der Waals surface area (Å²) in [6, 6.07) is 10.7. The molecular weight excluding hydrogens is 382 g/mol. The van der Waals surface area contributed by atoms with Crippen molar-refractivity contribution in [3.63, 3.8) is 0 Å². The number of piperazine rings is 1. The van der Waals surface area contributed by atoms with Gasteiger partial charge in [-0.3, -0.25) is 14.4 Å². The highest BCUT2D eigenvalue weighted by Crippen LogP contribution is 2.21. The van der Waals surface area contributed by atoms with Gasteiger partial charge in [-0.1, -0.05) is 30.3 Å². The molecule has 0 bridgehead atoms. The molecule has 2 aromatic rings. The Balaban J connectivity index is 1.39. The number of hydrogen-bond acceptors (Lipinski definition) is 6. The minimum atomic E-state index is -0.284. The van der Waals surface area contributed by atoms with Crippen LogP contribution in [0, 0.1) is 5.92 Å². The maximum atomic E-state index is 12.8. The van der Waals surface area contributed by atoms with E-state index in [1.54, 1.807) is 17.2 Å². The quantitative estimate of drug-likeness (QED) is 0.735. The zero-order valence-electron chi connectivity index (χ0n) is 17.0. The van der Waals surface area contributed by atoms with Crippen molar-refractivity contribution in [3.05, 3.63) is 58.5 Å². The normalized spacial score (nSPS) is 19.5. The highest BCUT2D eigenvalue weighted by molar-refractivity contribution is 5.98. The largest absolute Gasteiger partial charge is 0.368 e. The summed E-state index contributed by atoms with van der Waals surface area (Å²) in [6.07, 6.45) is 3.20. The number of amides is 1. The van der Waals surface area contributed by atoms with E-state index < -0.39 is 0 Å². The lowest BCUT2D eigenvalue weighted by atomic mass is 9.90. The van der Waals surface area contributed by atoms with Gasteiger partial charge in [-0.2, -0.15) is 5.10 Å². The van der Waals surface area contributed by atoms with Crippen LogP contribution in [0.2, 0.25) is 0 Å². The number of hydrogen-bond donors (Lipinski definition) is 1. The van der Waals surface area contributed by atoms with E-state index >= 15 is 0 Å². The summed E-state index contributed by atoms with van der Waals surface area (Å²) in [6.45, 7) is 4.29. The van der Waals surface area contributed by atoms with Gasteiger partial charge in [0.2, 0.25) is 5.91 Å². The number of rotatable bonds is 5. The summed E-state index contributed by atoms with van der Waals surface area (Å²) < 4.78 is 1.21. The van der Waals surface area contributed by atoms with Crippen molar-refractivity contribution >= 4 is 17.4 Å². The van der Waals surface area contributed by atoms with Crippen molar-refractivity contribution in [1.29, 1.82) is 0 Å². The lowest BCUT2D eigenvalue weighted by Gasteiger charge is -2.32. The fourth-order valence-electron chi connectivity index (χ4n) is 4.12. The molecule has 1 aromatic carbocycles. The molecule has 1 amide bonds. The highest BCUT2D eigenvalue weighted by Gasteiger charge is 2.29. The number of carbonyl (C=O) groups excluding carboxylic acids is 2. The van der Waals surface area contributed by atoms with Crippen LogP contribution in [-0.4, -0.2) is 65.6 Å². The maximum Gasteiger partial charge on any atom is 0.269 e. The molecule has 0 unspecified atom stereocenters. The summed E-state index contributed by atoms with van der Waals surface area (Å²) in [4.78, 5) is 41.9. The van der Waals surface area contributed by atoms with Crippen molar-refractivity contribution in [1.82, 2.24) is 20.0 Å². The molecule has 2 saturated heterocycles. The van der Waals surface area contributed by atoms with Gasteiger partial charge in [0.1, 0.15) is 6.54 Å². The number of nitrogens with zero attached hydrogens (tertiary/aromatic N) is 4. The van der Waals surface area contributed by atoms with E-state index in [2.05, 4.69) is 15.3 Å². The maximum absolute atomic E-state index is 12.8. The third kappa shape index (κ3) is 4.59. The van der Waals surface area contributed by atoms with Crippen molar-refractivity contribution in [2.45, 2.75) is 19.4 Å². The molecule has 158 valence electrons. The Morgan fingerprint density at radius 2 is 1.87 bits per heavy atom. The summed E-state index contributed by atoms with van der Waals surface area (Å²) in [7, 11) is 0. The molecule has 4 rings (SSSR count). The second-order valence-corrected chi connectivity index (χ2v) is 7.86. The predicted octanol–water partition coefficient (Wildman–Crippen LogP) is 0.774. The van der Waals surface area contributed by atoms with Crippen LogP contribution in [0.4, 0.5) is 5.69 Å². The Morgan fingerprint density at radius 3 is 2.60 bits per heavy atom. The average Bonchev–Trinajstić information content (AvgIpc) is 2.81. The summed E-state index contributed by atoms with van der Waals surface area (Å²) in [5.41, 5.74) is 1.18. The van der Waals surface area contributed by atoms with E-state index in [0.29, 0.717) is 18.7 Å². The summed E-state index contributed by atoms with van der Waals surface area (Å²) >= 11 is 0. The van der Waals surface area contributed by atoms with Crippen LogP contribution in [0.25, 0.3) is 0 Å². The van der Waals surface area contributed by atoms with Crippen LogP contribution >= 0.6 is 0 Å². The van der Waals surface area contributed by atoms with Crippen LogP contribution in [-0.2, 0) is 11.3 Å². The molecule has 1 atom stereocenters. The average molecular weight is 409 g/mol. The smallest absolute Gasteiger partial charge is 0.269 e. The van der Waals surface area contributed by atoms with Gasteiger partial charge in [-0.25, -0.2) is 4.68 Å². The van der Waals surface area contributed by atoms with E-state index in [9.17, 15) is 14.4 Å². The number of ketones is 1. The zero-order chi connectivity index (χ0) is 20.9. The third-order valence-electron chi connectivity index (χ3n) is 5.83. The van der Waals surface area contributed by atoms with Crippen molar-refractivity contribution in [2.75, 3.05) is 44.2 Å². The second-order valence-electron chi connectivity index (χ2n) is 7.86. The lowest BCUT2D eigenvalue weighted by molar-refractivity contribution is -0.133. The van der Waals surface area contributed by atoms with Crippen LogP contribution < -0.4 is 15.8 Å². The molecule has 2 aliphatic heterocycles. The molecule has 0 spiro atoms. The first-order valence-electron chi connectivity index (χ1n) is 10.5. The summed E-state index contributed by atoms with van der Waals surface area (Å²) in [5.74, 6) is -0.307. The lowest BCUT2D eigenvalue weighted by Crippen LogP contribution is -2.45. The first kappa shape index (κ1) is 20.3. The third-order valence-corrected chi connectivity index (χ3v) is 5.83. The fraction of sp³-hybridized carbons (Fsp3) is 0.455. The monoisotopic (exact) mass is 409 g/mol. The number of Topliss-reactive ketones (excluding diaryl/α,β-unsaturated/α-hetero) is 1. The molecular formula is C22H27N5O3. The van der Waals surface area contributed by atoms with Gasteiger partial charge in [0, 0.05) is 56.8 Å². The number of nitrogens with one attached hydrogen (secondary N) is 1. The number of carbonyl (C=O) groups is 2. The highest BCUT2D eigenvalue weighted by atomic mass is 16.2. The standard InChI is InChI=1S/C22H27N5O3/c28-20-13-19(25-11-8-23-9-12-25)14-24-27(20)16-21(29)26-10-4-7-18(15-26)22(30)17-5-2-1-3-6-17/h1-3,5-6,13-14,18,23H,4,7-12,15-16H2/t18-/m1/s1. The Labute approximate surface area is 175 Å². The van der Waals surface area contributed by atoms with E-state index in [0.717, 1.165) is 44.7 Å². The number of piperidine rings is 1. The molecule has 8 nitrogen and oxygen atoms in total. The molecule has 0 radical (unpaired) electrons. The van der Waals surface area contributed by atoms with Gasteiger partial charge in [0.15, 0.2) is 5.78 Å². The van der Waals surface area contributed by atoms with Gasteiger partial charge >= 0.3 is 0 Å². The molecule has 1 aromatic heterocycles. The first-order valence-corrected chi connectivity index (χ1v) is 10.5. The minimum absolute atomic E-state index is 0.0729. The SMILES string of the molecule is O=C(c1ccccc1)[C@@H]1CCCN(C(=O)Cn2ncc(N3CCNCC3)cc2=O)C1. The topological polar surface area (TPSA) is 87.5 Å². The second kappa shape index (κ2) is 9.21. The van der Waals surface area contributed by atoms with Crippen molar-refractivity contribution in [3.8, 4) is 0 Å². The Morgan fingerprint density at radius 1 is 1.10 bits per heavy atom. The van der Waals surface area contributed by atoms with Crippen LogP contribution in [0.15, 0.2) is 47.4 Å². The number of aromatic nitrogens is 2. The Bertz CT molecular complexity index is 953. The van der Waals surface area contributed by atoms with E-state index in [1.165, 1.54) is 4.68 Å². The van der Waals surface area contributed by atoms with E-state index in [-0.39, 0.29) is 29.7 Å². The summed E-state index contributed by atoms with van der Waals surface area (Å²) in [5, 5.41) is 7.49. The molecule has 30 heavy (non-hydrogen) atoms. The van der Waals surface area contributed by atoms with Crippen LogP contribution in [0.1, 0.15) is 23.2 Å². The van der Waals surface area contributed by atoms with E-state index in [4.69, 9.17) is 0 Å². The van der Waals surface area contributed by atoms with E-state index in [1.807, 2.05) is 30.3 Å². The number of anilines is 1. The van der Waals surface area contributed by atoms with Crippen molar-refractivity contribution < 1.29 is 9.59 Å². The van der Waals surface area contributed by atoms with Gasteiger partial charge in [0.05, 0.1) is 11.9 Å². The zero-order valence-corrected chi connectivity index (χ0v) is 17.0. The van der Waals surface area contributed by atoms with Crippen LogP contribution in [0.5, 0.6) is 0 Å². The van der Waals surface area contributed by atoms with Crippen molar-refractivity contribution in [2.24, 2.45) is 5.92 Å². The van der Waals surface area contributed by atoms with Crippen LogP contribution in [0.3, 0.4) is 0 Å². The molecule has 3 heterocycles. The number of likely N-dealkylation sites (tertiary alicyclic amines) is 1. The molecule has 1 N–H and O–H groups in total. The van der Waals surface area contributed by atoms with Gasteiger partial charge < -0.3 is 15.1 Å². The Kier molecular flexibility index (Phi) is 6.23. The molecule has 2 fully saturated rings. The molecule has 2 aliphatic rings. The van der Waals surface area contributed by atoms with Gasteiger partial charge in [-0.05, 0) is 12.8 Å². The minimum Gasteiger partial charge on any atom is -0.368 e. The molecule has 0 saturated carbocycles. The fourth-order valence-corrected chi connectivity index (χ4v) is 4.12. The number of benzene rings is 1. The molecule has 8 heteroatoms. The van der Waals surface area contributed by atoms with Gasteiger partial charge in [-0.15, -0.1) is 0 Å². The predicted molar refractivity (Wildman–Crippen MR) is 114 cm³/mol. The molecule has 0 aliphatic carbocycles. The van der Waals surface area contributed by atoms with Gasteiger partial charge in [0.25, 0.3) is 5.56 Å². The Hall–Kier alpha value is -3.00.